The van der Waals surface area contributed by atoms with Gasteiger partial charge in [-0.15, -0.1) is 33.8 Å². The topological polar surface area (TPSA) is 6.48 Å². The molecule has 272 valence electrons. The van der Waals surface area contributed by atoms with E-state index < -0.39 is 11.6 Å². The zero-order chi connectivity index (χ0) is 44.1. The van der Waals surface area contributed by atoms with E-state index in [-0.39, 0.29) is 32.8 Å². The first-order valence-corrected chi connectivity index (χ1v) is 19.9. The van der Waals surface area contributed by atoms with Crippen molar-refractivity contribution in [2.24, 2.45) is 0 Å². The lowest BCUT2D eigenvalue weighted by molar-refractivity contribution is 0.915. The summed E-state index contributed by atoms with van der Waals surface area (Å²) in [4.78, 5) is 3.89. The van der Waals surface area contributed by atoms with Gasteiger partial charge >= 0.3 is 0 Å². The summed E-state index contributed by atoms with van der Waals surface area (Å²) in [5.41, 5.74) is 8.41. The summed E-state index contributed by atoms with van der Waals surface area (Å²) < 4.78 is 0. The maximum atomic E-state index is 6.70. The predicted molar refractivity (Wildman–Crippen MR) is 277 cm³/mol. The average Bonchev–Trinajstić information content (AvgIpc) is 3.31. The molecule has 0 aromatic heterocycles. The third kappa shape index (κ3) is 8.71. The van der Waals surface area contributed by atoms with E-state index >= 15 is 0 Å². The lowest BCUT2D eigenvalue weighted by Crippen LogP contribution is -2.56. The van der Waals surface area contributed by atoms with Crippen molar-refractivity contribution in [3.8, 4) is 11.1 Å². The van der Waals surface area contributed by atoms with Crippen LogP contribution in [-0.2, 0) is 0 Å². The van der Waals surface area contributed by atoms with Crippen molar-refractivity contribution in [1.82, 2.24) is 0 Å². The minimum Gasteiger partial charge on any atom is -0.322 e. The van der Waals surface area contributed by atoms with Crippen molar-refractivity contribution in [3.63, 3.8) is 0 Å². The van der Waals surface area contributed by atoms with E-state index in [1.807, 2.05) is 156 Å². The van der Waals surface area contributed by atoms with Crippen molar-refractivity contribution >= 4 is 156 Å². The Morgan fingerprint density at radius 1 is 0.565 bits per heavy atom. The first kappa shape index (κ1) is 44.1. The quantitative estimate of drug-likeness (QED) is 0.108. The van der Waals surface area contributed by atoms with E-state index in [1.54, 1.807) is 0 Å². The van der Waals surface area contributed by atoms with E-state index in [4.69, 9.17) is 78.5 Å². The molecule has 7 aromatic carbocycles. The van der Waals surface area contributed by atoms with Crippen LogP contribution in [-0.4, -0.2) is 78.5 Å². The molecule has 0 bridgehead atoms. The van der Waals surface area contributed by atoms with Crippen LogP contribution in [0.25, 0.3) is 38.2 Å². The third-order valence-electron chi connectivity index (χ3n) is 11.1. The zero-order valence-corrected chi connectivity index (χ0v) is 34.2. The molecule has 0 N–H and O–H groups in total. The van der Waals surface area contributed by atoms with Gasteiger partial charge in [0.1, 0.15) is 62.8 Å². The summed E-state index contributed by atoms with van der Waals surface area (Å²) in [6.07, 6.45) is 7.59. The monoisotopic (exact) mass is 770 g/mol. The van der Waals surface area contributed by atoms with Gasteiger partial charge in [-0.2, -0.15) is 0 Å². The highest BCUT2D eigenvalue weighted by molar-refractivity contribution is 6.69. The Labute approximate surface area is 379 Å². The molecule has 0 aliphatic heterocycles. The molecule has 2 atom stereocenters. The minimum absolute atomic E-state index is 0.148. The average molecular weight is 769 g/mol. The Bertz CT molecular complexity index is 2880. The largest absolute Gasteiger partial charge is 0.322 e. The summed E-state index contributed by atoms with van der Waals surface area (Å²) in [7, 11) is 63.6. The highest BCUT2D eigenvalue weighted by atomic mass is 15.1. The second-order valence-corrected chi connectivity index (χ2v) is 14.7. The molecule has 20 radical (unpaired) electrons. The van der Waals surface area contributed by atoms with E-state index in [0.29, 0.717) is 11.4 Å². The smallest absolute Gasteiger partial charge is 0.115 e. The number of hydrogen-bond acceptors (Lipinski definition) is 2. The van der Waals surface area contributed by atoms with Crippen LogP contribution in [0.1, 0.15) is 5.56 Å². The highest BCUT2D eigenvalue weighted by Crippen LogP contribution is 2.40. The van der Waals surface area contributed by atoms with Crippen LogP contribution in [0.2, 0.25) is 11.6 Å². The standard InChI is InChI=1S/C50H32B10N2/c1-2-30(17-10-26-61(42(29-52)44(55)43(54)39(53)28-51)40-20-8-13-32-11-3-5-18-37(32)40)34-15-7-16-35(27-34)31-22-24-36(25-23-31)62(41-21-9-14-33-12-4-6-19-38(33)41)50-48(59)46(57)45(56)47(58)49(50)60/h2-29,43-44H,1H2/b26-10+,30-17+,39-28-,42-29-. The molecule has 0 aliphatic rings. The molecule has 0 spiro atoms. The van der Waals surface area contributed by atoms with E-state index in [1.165, 1.54) is 12.0 Å². The molecule has 7 aromatic rings. The van der Waals surface area contributed by atoms with Crippen molar-refractivity contribution in [1.29, 1.82) is 0 Å². The number of allylic oxidation sites excluding steroid dienone is 6. The molecular formula is C50H32B10N2. The highest BCUT2D eigenvalue weighted by Gasteiger charge is 2.23. The molecule has 0 amide bonds. The van der Waals surface area contributed by atoms with Crippen LogP contribution in [0.3, 0.4) is 0 Å². The van der Waals surface area contributed by atoms with Crippen LogP contribution < -0.4 is 37.1 Å². The Kier molecular flexibility index (Phi) is 13.8. The SMILES string of the molecule is [B]/C=C(/C([B])C([B])/C([B])=C/[B])N(/C=C/C=C(\C=C)c1cccc(-c2ccc(N(c3c([B])c([B])c([B])c([B])c3[B])c3cccc4ccccc34)cc2)c1)c1cccc2ccccc12. The fraction of sp³-hybridized carbons (Fsp3) is 0.0400. The van der Waals surface area contributed by atoms with Crippen LogP contribution >= 0.6 is 0 Å². The first-order chi connectivity index (χ1) is 30.0. The number of hydrogen-bond donors (Lipinski definition) is 0. The number of benzene rings is 7. The number of nitrogens with zero attached hydrogens (tertiary/aromatic N) is 2. The van der Waals surface area contributed by atoms with Crippen LogP contribution in [0.4, 0.5) is 22.7 Å². The Morgan fingerprint density at radius 2 is 1.11 bits per heavy atom. The molecule has 2 unspecified atom stereocenters. The summed E-state index contributed by atoms with van der Waals surface area (Å²) in [5, 5.41) is 4.05. The van der Waals surface area contributed by atoms with Gasteiger partial charge in [0.25, 0.3) is 0 Å². The molecular weight excluding hydrogens is 737 g/mol. The number of fused-ring (bicyclic) bond motifs is 2. The number of rotatable bonds is 13. The van der Waals surface area contributed by atoms with Crippen LogP contribution in [0.5, 0.6) is 0 Å². The molecule has 0 fully saturated rings. The summed E-state index contributed by atoms with van der Waals surface area (Å²) >= 11 is 0. The molecule has 0 saturated carbocycles. The second kappa shape index (κ2) is 19.4. The molecule has 7 rings (SSSR count). The van der Waals surface area contributed by atoms with Gasteiger partial charge in [-0.25, -0.2) is 0 Å². The van der Waals surface area contributed by atoms with E-state index in [9.17, 15) is 0 Å². The predicted octanol–water partition coefficient (Wildman–Crippen LogP) is 5.79. The minimum atomic E-state index is -0.787. The van der Waals surface area contributed by atoms with Crippen molar-refractivity contribution < 1.29 is 0 Å². The van der Waals surface area contributed by atoms with Gasteiger partial charge in [0.2, 0.25) is 0 Å². The fourth-order valence-corrected chi connectivity index (χ4v) is 7.64. The lowest BCUT2D eigenvalue weighted by atomic mass is 9.56. The van der Waals surface area contributed by atoms with Crippen molar-refractivity contribution in [3.05, 3.63) is 193 Å². The van der Waals surface area contributed by atoms with E-state index in [0.717, 1.165) is 60.9 Å². The summed E-state index contributed by atoms with van der Waals surface area (Å²) in [5.74, 6) is 1.12. The molecule has 12 heteroatoms. The van der Waals surface area contributed by atoms with Gasteiger partial charge in [0.05, 0.1) is 27.1 Å². The van der Waals surface area contributed by atoms with Gasteiger partial charge in [0.15, 0.2) is 0 Å². The first-order valence-electron chi connectivity index (χ1n) is 19.9. The lowest BCUT2D eigenvalue weighted by Gasteiger charge is -2.34. The number of anilines is 4. The molecule has 62 heavy (non-hydrogen) atoms. The molecule has 0 heterocycles. The summed E-state index contributed by atoms with van der Waals surface area (Å²) in [6, 6.07) is 44.5. The van der Waals surface area contributed by atoms with Crippen LogP contribution in [0.15, 0.2) is 188 Å². The Hall–Kier alpha value is -5.99. The van der Waals surface area contributed by atoms with Gasteiger partial charge < -0.3 is 9.80 Å². The molecule has 2 nitrogen and oxygen atoms in total. The normalized spacial score (nSPS) is 13.3. The fourth-order valence-electron chi connectivity index (χ4n) is 7.64. The van der Waals surface area contributed by atoms with Gasteiger partial charge in [0, 0.05) is 34.0 Å². The van der Waals surface area contributed by atoms with Crippen molar-refractivity contribution in [2.45, 2.75) is 11.6 Å². The maximum Gasteiger partial charge on any atom is 0.115 e. The van der Waals surface area contributed by atoms with Gasteiger partial charge in [-0.1, -0.05) is 139 Å². The zero-order valence-electron chi connectivity index (χ0n) is 34.2. The Morgan fingerprint density at radius 3 is 1.71 bits per heavy atom. The second-order valence-electron chi connectivity index (χ2n) is 14.7. The molecule has 0 aliphatic carbocycles. The summed E-state index contributed by atoms with van der Waals surface area (Å²) in [6.45, 7) is 4.14. The Balaban J connectivity index is 1.25. The van der Waals surface area contributed by atoms with Gasteiger partial charge in [-0.3, -0.25) is 0 Å². The van der Waals surface area contributed by atoms with Crippen molar-refractivity contribution in [2.75, 3.05) is 9.80 Å². The third-order valence-corrected chi connectivity index (χ3v) is 11.1. The van der Waals surface area contributed by atoms with Gasteiger partial charge in [-0.05, 0) is 75.3 Å². The van der Waals surface area contributed by atoms with Crippen LogP contribution in [0, 0.1) is 0 Å². The molecule has 0 saturated heterocycles. The maximum absolute atomic E-state index is 6.70. The van der Waals surface area contributed by atoms with E-state index in [2.05, 4.69) is 18.7 Å².